The van der Waals surface area contributed by atoms with Crippen molar-refractivity contribution in [2.24, 2.45) is 0 Å². The van der Waals surface area contributed by atoms with E-state index in [2.05, 4.69) is 19.6 Å². The van der Waals surface area contributed by atoms with Gasteiger partial charge in [-0.25, -0.2) is 0 Å². The van der Waals surface area contributed by atoms with Gasteiger partial charge in [0.15, 0.2) is 0 Å². The first-order chi connectivity index (χ1) is 8.78. The van der Waals surface area contributed by atoms with E-state index in [0.717, 1.165) is 30.5 Å². The van der Waals surface area contributed by atoms with Gasteiger partial charge in [-0.15, -0.1) is 0 Å². The Morgan fingerprint density at radius 1 is 1.26 bits per heavy atom. The summed E-state index contributed by atoms with van der Waals surface area (Å²) in [7, 11) is -3.04. The van der Waals surface area contributed by atoms with E-state index in [1.54, 1.807) is 4.73 Å². The molecular weight excluding hydrogens is 273 g/mol. The number of rotatable bonds is 8. The van der Waals surface area contributed by atoms with Gasteiger partial charge in [0.2, 0.25) is 0 Å². The highest BCUT2D eigenvalue weighted by molar-refractivity contribution is 7.63. The lowest BCUT2D eigenvalue weighted by molar-refractivity contribution is 0.122. The molecule has 19 heavy (non-hydrogen) atoms. The molecule has 0 N–H and O–H groups in total. The quantitative estimate of drug-likeness (QED) is 0.533. The third-order valence-corrected chi connectivity index (χ3v) is 8.40. The van der Waals surface area contributed by atoms with E-state index in [-0.39, 0.29) is 0 Å². The lowest BCUT2D eigenvalue weighted by Crippen LogP contribution is -2.24. The zero-order chi connectivity index (χ0) is 14.5. The summed E-state index contributed by atoms with van der Waals surface area (Å²) in [5.74, 6) is 0. The van der Waals surface area contributed by atoms with Gasteiger partial charge in [-0.3, -0.25) is 0 Å². The molecular formula is C14H28NO2PSi. The fourth-order valence-corrected chi connectivity index (χ4v) is 4.28. The Hall–Kier alpha value is -0.473. The van der Waals surface area contributed by atoms with Gasteiger partial charge in [-0.2, -0.15) is 4.73 Å². The molecule has 1 heterocycles. The van der Waals surface area contributed by atoms with Crippen LogP contribution in [0.2, 0.25) is 25.7 Å². The Labute approximate surface area is 118 Å². The highest BCUT2D eigenvalue weighted by Crippen LogP contribution is 2.47. The molecule has 0 unspecified atom stereocenters. The predicted molar refractivity (Wildman–Crippen MR) is 86.4 cm³/mol. The van der Waals surface area contributed by atoms with E-state index in [0.29, 0.717) is 6.16 Å². The Kier molecular flexibility index (Phi) is 5.94. The van der Waals surface area contributed by atoms with E-state index in [9.17, 15) is 4.57 Å². The highest BCUT2D eigenvalue weighted by atomic mass is 31.2. The number of aromatic nitrogens is 1. The molecule has 110 valence electrons. The van der Waals surface area contributed by atoms with Gasteiger partial charge in [0.1, 0.15) is 6.61 Å². The first-order valence-corrected chi connectivity index (χ1v) is 13.1. The van der Waals surface area contributed by atoms with E-state index >= 15 is 0 Å². The molecule has 0 aliphatic heterocycles. The summed E-state index contributed by atoms with van der Waals surface area (Å²) in [6.45, 7) is 11.8. The molecule has 1 aromatic heterocycles. The Morgan fingerprint density at radius 3 is 2.42 bits per heavy atom. The van der Waals surface area contributed by atoms with Gasteiger partial charge in [0.05, 0.1) is 7.14 Å². The molecule has 0 aliphatic rings. The summed E-state index contributed by atoms with van der Waals surface area (Å²) >= 11 is 0. The smallest absolute Gasteiger partial charge is 0.112 e. The van der Waals surface area contributed by atoms with Crippen molar-refractivity contribution < 1.29 is 9.40 Å². The van der Waals surface area contributed by atoms with Crippen LogP contribution < -0.4 is 4.84 Å². The van der Waals surface area contributed by atoms with Crippen LogP contribution in [0, 0.1) is 0 Å². The van der Waals surface area contributed by atoms with E-state index in [4.69, 9.17) is 4.84 Å². The van der Waals surface area contributed by atoms with Gasteiger partial charge in [-0.1, -0.05) is 33.5 Å². The van der Waals surface area contributed by atoms with Crippen molar-refractivity contribution in [2.75, 3.05) is 18.9 Å². The van der Waals surface area contributed by atoms with Crippen LogP contribution >= 0.6 is 7.14 Å². The molecule has 0 bridgehead atoms. The van der Waals surface area contributed by atoms with Crippen molar-refractivity contribution in [1.82, 2.24) is 4.73 Å². The Morgan fingerprint density at radius 2 is 1.89 bits per heavy atom. The van der Waals surface area contributed by atoms with Crippen molar-refractivity contribution in [2.45, 2.75) is 45.7 Å². The number of nitrogens with zero attached hydrogens (tertiary/aromatic N) is 1. The van der Waals surface area contributed by atoms with E-state index in [1.165, 1.54) is 0 Å². The van der Waals surface area contributed by atoms with Gasteiger partial charge in [-0.05, 0) is 30.0 Å². The van der Waals surface area contributed by atoms with Gasteiger partial charge in [0, 0.05) is 26.6 Å². The minimum Gasteiger partial charge on any atom is -0.415 e. The molecule has 3 nitrogen and oxygen atoms in total. The first kappa shape index (κ1) is 16.6. The number of hydrogen-bond acceptors (Lipinski definition) is 2. The van der Waals surface area contributed by atoms with Crippen LogP contribution in [0.3, 0.4) is 0 Å². The summed E-state index contributed by atoms with van der Waals surface area (Å²) in [4.78, 5) is 5.71. The van der Waals surface area contributed by atoms with Crippen LogP contribution in [-0.2, 0) is 10.7 Å². The zero-order valence-corrected chi connectivity index (χ0v) is 14.9. The molecule has 0 aliphatic carbocycles. The average Bonchev–Trinajstić information content (AvgIpc) is 2.75. The third-order valence-electron chi connectivity index (χ3n) is 3.44. The molecule has 1 aromatic rings. The summed E-state index contributed by atoms with van der Waals surface area (Å²) in [6.07, 6.45) is 6.16. The lowest BCUT2D eigenvalue weighted by Gasteiger charge is -2.16. The maximum atomic E-state index is 12.4. The second kappa shape index (κ2) is 6.80. The van der Waals surface area contributed by atoms with E-state index < -0.39 is 15.2 Å². The summed E-state index contributed by atoms with van der Waals surface area (Å²) in [5, 5.41) is 0. The molecule has 0 atom stereocenters. The van der Waals surface area contributed by atoms with Crippen molar-refractivity contribution >= 4 is 15.2 Å². The van der Waals surface area contributed by atoms with Gasteiger partial charge < -0.3 is 9.40 Å². The van der Waals surface area contributed by atoms with Crippen LogP contribution in [0.4, 0.5) is 0 Å². The normalized spacial score (nSPS) is 12.7. The molecule has 0 saturated carbocycles. The largest absolute Gasteiger partial charge is 0.415 e. The van der Waals surface area contributed by atoms with Crippen molar-refractivity contribution in [3.8, 4) is 0 Å². The molecule has 0 aromatic carbocycles. The predicted octanol–water partition coefficient (Wildman–Crippen LogP) is 4.16. The fraction of sp³-hybridized carbons (Fsp3) is 0.714. The summed E-state index contributed by atoms with van der Waals surface area (Å²) in [5.41, 5.74) is 1.13. The molecule has 5 heteroatoms. The Bertz CT molecular complexity index is 429. The summed E-state index contributed by atoms with van der Waals surface area (Å²) < 4.78 is 14.2. The molecule has 1 rings (SSSR count). The highest BCUT2D eigenvalue weighted by Gasteiger charge is 2.18. The molecule has 0 fully saturated rings. The maximum Gasteiger partial charge on any atom is 0.112 e. The average molecular weight is 301 g/mol. The zero-order valence-electron chi connectivity index (χ0n) is 13.0. The van der Waals surface area contributed by atoms with Crippen LogP contribution in [0.15, 0.2) is 18.5 Å². The summed E-state index contributed by atoms with van der Waals surface area (Å²) in [6, 6.07) is 3.18. The molecule has 0 amide bonds. The van der Waals surface area contributed by atoms with Crippen molar-refractivity contribution in [1.29, 1.82) is 0 Å². The van der Waals surface area contributed by atoms with Crippen molar-refractivity contribution in [3.05, 3.63) is 24.0 Å². The second-order valence-electron chi connectivity index (χ2n) is 6.37. The molecule has 0 spiro atoms. The van der Waals surface area contributed by atoms with Gasteiger partial charge in [0.25, 0.3) is 0 Å². The Balaban J connectivity index is 2.51. The minimum absolute atomic E-state index is 0.699. The first-order valence-electron chi connectivity index (χ1n) is 7.15. The van der Waals surface area contributed by atoms with Crippen LogP contribution in [0.1, 0.15) is 19.4 Å². The topological polar surface area (TPSA) is 31.2 Å². The second-order valence-corrected chi connectivity index (χ2v) is 15.7. The standard InChI is InChI=1S/C14H28NO2PSi/c1-6-18(16,7-2)13-14-8-9-15(12-14)17-10-11-19(3,4)5/h8-9,12H,6-7,10-11,13H2,1-5H3. The van der Waals surface area contributed by atoms with Crippen LogP contribution in [-0.4, -0.2) is 31.7 Å². The minimum atomic E-state index is -2.00. The van der Waals surface area contributed by atoms with Crippen molar-refractivity contribution in [3.63, 3.8) is 0 Å². The lowest BCUT2D eigenvalue weighted by atomic mass is 10.4. The monoisotopic (exact) mass is 301 g/mol. The number of hydrogen-bond donors (Lipinski definition) is 0. The van der Waals surface area contributed by atoms with Gasteiger partial charge >= 0.3 is 0 Å². The molecule has 0 radical (unpaired) electrons. The van der Waals surface area contributed by atoms with Crippen LogP contribution in [0.25, 0.3) is 0 Å². The maximum absolute atomic E-state index is 12.4. The molecule has 0 saturated heterocycles. The SMILES string of the molecule is CCP(=O)(CC)Cc1ccn(OCC[Si](C)(C)C)c1. The fourth-order valence-electron chi connectivity index (χ4n) is 1.83. The van der Waals surface area contributed by atoms with Crippen LogP contribution in [0.5, 0.6) is 0 Å². The third kappa shape index (κ3) is 6.00. The van der Waals surface area contributed by atoms with E-state index in [1.807, 2.05) is 32.3 Å².